The number of carbonyl (C=O) groups is 1. The fourth-order valence-corrected chi connectivity index (χ4v) is 4.04. The molecule has 2 aliphatic heterocycles. The average Bonchev–Trinajstić information content (AvgIpc) is 3.04. The van der Waals surface area contributed by atoms with Gasteiger partial charge in [-0.1, -0.05) is 42.5 Å². The summed E-state index contributed by atoms with van der Waals surface area (Å²) in [6.07, 6.45) is 4.69. The van der Waals surface area contributed by atoms with Crippen LogP contribution in [0.15, 0.2) is 42.5 Å². The third-order valence-corrected chi connectivity index (χ3v) is 5.13. The van der Waals surface area contributed by atoms with Crippen molar-refractivity contribution in [1.82, 2.24) is 10.2 Å². The van der Waals surface area contributed by atoms with E-state index < -0.39 is 0 Å². The van der Waals surface area contributed by atoms with Crippen molar-refractivity contribution in [2.75, 3.05) is 13.1 Å². The summed E-state index contributed by atoms with van der Waals surface area (Å²) in [5, 5.41) is 5.80. The van der Waals surface area contributed by atoms with Crippen molar-refractivity contribution in [2.45, 2.75) is 37.9 Å². The minimum Gasteiger partial charge on any atom is -0.302 e. The van der Waals surface area contributed by atoms with E-state index in [9.17, 15) is 4.79 Å². The highest BCUT2D eigenvalue weighted by Gasteiger charge is 2.34. The summed E-state index contributed by atoms with van der Waals surface area (Å²) >= 11 is 0. The van der Waals surface area contributed by atoms with Crippen LogP contribution in [0, 0.1) is 0 Å². The van der Waals surface area contributed by atoms with Gasteiger partial charge >= 0.3 is 0 Å². The van der Waals surface area contributed by atoms with Gasteiger partial charge in [0.1, 0.15) is 0 Å². The van der Waals surface area contributed by atoms with Crippen LogP contribution in [0.1, 0.15) is 36.0 Å². The fraction of sp³-hybridized carbons (Fsp3) is 0.421. The standard InChI is InChI=1S/C19H22N2O/c22-18(13-15-10-11-20-19-9-4-12-21(15)19)17-8-3-6-14-5-1-2-7-16(14)17/h1-3,5-8,15,19-20H,4,9-13H2. The second-order valence-electron chi connectivity index (χ2n) is 6.45. The summed E-state index contributed by atoms with van der Waals surface area (Å²) in [4.78, 5) is 15.4. The van der Waals surface area contributed by atoms with E-state index in [0.717, 1.165) is 35.8 Å². The molecule has 0 radical (unpaired) electrons. The quantitative estimate of drug-likeness (QED) is 0.882. The normalized spacial score (nSPS) is 25.3. The highest BCUT2D eigenvalue weighted by atomic mass is 16.1. The third kappa shape index (κ3) is 2.44. The van der Waals surface area contributed by atoms with Crippen LogP contribution in [-0.4, -0.2) is 36.0 Å². The van der Waals surface area contributed by atoms with Crippen LogP contribution >= 0.6 is 0 Å². The Kier molecular flexibility index (Phi) is 3.68. The minimum atomic E-state index is 0.286. The first-order chi connectivity index (χ1) is 10.8. The molecule has 2 saturated heterocycles. The number of rotatable bonds is 3. The molecule has 2 aromatic carbocycles. The van der Waals surface area contributed by atoms with Crippen LogP contribution in [-0.2, 0) is 0 Å². The third-order valence-electron chi connectivity index (χ3n) is 5.13. The zero-order valence-electron chi connectivity index (χ0n) is 12.8. The second kappa shape index (κ2) is 5.82. The molecule has 1 N–H and O–H groups in total. The van der Waals surface area contributed by atoms with E-state index in [1.807, 2.05) is 24.3 Å². The topological polar surface area (TPSA) is 32.3 Å². The van der Waals surface area contributed by atoms with E-state index in [4.69, 9.17) is 0 Å². The lowest BCUT2D eigenvalue weighted by Crippen LogP contribution is -2.53. The zero-order valence-corrected chi connectivity index (χ0v) is 12.8. The van der Waals surface area contributed by atoms with E-state index in [0.29, 0.717) is 18.6 Å². The van der Waals surface area contributed by atoms with Gasteiger partial charge in [0.15, 0.2) is 5.78 Å². The predicted molar refractivity (Wildman–Crippen MR) is 89.0 cm³/mol. The number of ketones is 1. The van der Waals surface area contributed by atoms with E-state index in [1.165, 1.54) is 12.8 Å². The summed E-state index contributed by atoms with van der Waals surface area (Å²) in [7, 11) is 0. The molecule has 3 nitrogen and oxygen atoms in total. The Morgan fingerprint density at radius 3 is 2.95 bits per heavy atom. The van der Waals surface area contributed by atoms with E-state index in [1.54, 1.807) is 0 Å². The van der Waals surface area contributed by atoms with E-state index in [2.05, 4.69) is 28.4 Å². The van der Waals surface area contributed by atoms with E-state index in [-0.39, 0.29) is 5.78 Å². The van der Waals surface area contributed by atoms with Crippen molar-refractivity contribution in [1.29, 1.82) is 0 Å². The molecule has 3 heteroatoms. The highest BCUT2D eigenvalue weighted by molar-refractivity contribution is 6.08. The van der Waals surface area contributed by atoms with Crippen LogP contribution in [0.2, 0.25) is 0 Å². The van der Waals surface area contributed by atoms with Gasteiger partial charge in [-0.2, -0.15) is 0 Å². The van der Waals surface area contributed by atoms with Crippen molar-refractivity contribution in [3.63, 3.8) is 0 Å². The number of carbonyl (C=O) groups excluding carboxylic acids is 1. The van der Waals surface area contributed by atoms with Crippen LogP contribution < -0.4 is 5.32 Å². The Hall–Kier alpha value is -1.71. The van der Waals surface area contributed by atoms with Gasteiger partial charge in [-0.3, -0.25) is 9.69 Å². The van der Waals surface area contributed by atoms with Gasteiger partial charge in [0, 0.05) is 24.6 Å². The number of hydrogen-bond donors (Lipinski definition) is 1. The van der Waals surface area contributed by atoms with Gasteiger partial charge in [0.2, 0.25) is 0 Å². The Morgan fingerprint density at radius 2 is 2.00 bits per heavy atom. The van der Waals surface area contributed by atoms with Gasteiger partial charge in [0.25, 0.3) is 0 Å². The zero-order chi connectivity index (χ0) is 14.9. The van der Waals surface area contributed by atoms with Crippen LogP contribution in [0.5, 0.6) is 0 Å². The number of Topliss-reactive ketones (excluding diaryl/α,β-unsaturated/α-hetero) is 1. The predicted octanol–water partition coefficient (Wildman–Crippen LogP) is 3.20. The molecule has 2 aliphatic rings. The van der Waals surface area contributed by atoms with Gasteiger partial charge in [-0.05, 0) is 36.6 Å². The summed E-state index contributed by atoms with van der Waals surface area (Å²) in [6, 6.07) is 14.6. The molecule has 0 spiro atoms. The molecular formula is C19H22N2O. The first-order valence-electron chi connectivity index (χ1n) is 8.33. The molecule has 0 aliphatic carbocycles. The van der Waals surface area contributed by atoms with Gasteiger partial charge in [-0.15, -0.1) is 0 Å². The number of benzene rings is 2. The lowest BCUT2D eigenvalue weighted by molar-refractivity contribution is 0.0790. The SMILES string of the molecule is O=C(CC1CCNC2CCCN12)c1cccc2ccccc12. The van der Waals surface area contributed by atoms with Crippen molar-refractivity contribution >= 4 is 16.6 Å². The largest absolute Gasteiger partial charge is 0.302 e. The lowest BCUT2D eigenvalue weighted by atomic mass is 9.95. The second-order valence-corrected chi connectivity index (χ2v) is 6.45. The minimum absolute atomic E-state index is 0.286. The van der Waals surface area contributed by atoms with Gasteiger partial charge < -0.3 is 5.32 Å². The number of nitrogens with one attached hydrogen (secondary N) is 1. The maximum atomic E-state index is 12.9. The van der Waals surface area contributed by atoms with Crippen molar-refractivity contribution in [3.05, 3.63) is 48.0 Å². The van der Waals surface area contributed by atoms with Crippen molar-refractivity contribution in [3.8, 4) is 0 Å². The summed E-state index contributed by atoms with van der Waals surface area (Å²) in [5.74, 6) is 0.286. The fourth-order valence-electron chi connectivity index (χ4n) is 4.04. The van der Waals surface area contributed by atoms with Gasteiger partial charge in [0.05, 0.1) is 6.17 Å². The van der Waals surface area contributed by atoms with Crippen molar-refractivity contribution in [2.24, 2.45) is 0 Å². The molecule has 2 fully saturated rings. The number of hydrogen-bond acceptors (Lipinski definition) is 3. The van der Waals surface area contributed by atoms with Crippen LogP contribution in [0.4, 0.5) is 0 Å². The maximum absolute atomic E-state index is 12.9. The Bertz CT molecular complexity index is 691. The van der Waals surface area contributed by atoms with E-state index >= 15 is 0 Å². The first-order valence-corrected chi connectivity index (χ1v) is 8.33. The molecular weight excluding hydrogens is 272 g/mol. The molecule has 0 aromatic heterocycles. The molecule has 2 unspecified atom stereocenters. The monoisotopic (exact) mass is 294 g/mol. The van der Waals surface area contributed by atoms with Gasteiger partial charge in [-0.25, -0.2) is 0 Å². The number of fused-ring (bicyclic) bond motifs is 2. The molecule has 114 valence electrons. The molecule has 2 aromatic rings. The molecule has 0 saturated carbocycles. The Morgan fingerprint density at radius 1 is 1.14 bits per heavy atom. The summed E-state index contributed by atoms with van der Waals surface area (Å²) in [5.41, 5.74) is 0.882. The molecule has 4 rings (SSSR count). The smallest absolute Gasteiger partial charge is 0.165 e. The highest BCUT2D eigenvalue weighted by Crippen LogP contribution is 2.27. The molecule has 2 atom stereocenters. The van der Waals surface area contributed by atoms with Crippen LogP contribution in [0.3, 0.4) is 0 Å². The molecule has 0 bridgehead atoms. The Labute approximate surface area is 131 Å². The average molecular weight is 294 g/mol. The first kappa shape index (κ1) is 13.9. The summed E-state index contributed by atoms with van der Waals surface area (Å²) < 4.78 is 0. The molecule has 22 heavy (non-hydrogen) atoms. The molecule has 0 amide bonds. The summed E-state index contributed by atoms with van der Waals surface area (Å²) in [6.45, 7) is 2.17. The lowest BCUT2D eigenvalue weighted by Gasteiger charge is -2.38. The molecule has 2 heterocycles. The number of nitrogens with zero attached hydrogens (tertiary/aromatic N) is 1. The van der Waals surface area contributed by atoms with Crippen LogP contribution in [0.25, 0.3) is 10.8 Å². The van der Waals surface area contributed by atoms with Crippen molar-refractivity contribution < 1.29 is 4.79 Å². The maximum Gasteiger partial charge on any atom is 0.165 e. The Balaban J connectivity index is 1.58.